The summed E-state index contributed by atoms with van der Waals surface area (Å²) in [5.74, 6) is 1.94. The highest BCUT2D eigenvalue weighted by Gasteiger charge is 2.44. The predicted molar refractivity (Wildman–Crippen MR) is 211 cm³/mol. The van der Waals surface area contributed by atoms with Gasteiger partial charge in [-0.25, -0.2) is 15.0 Å². The second kappa shape index (κ2) is 12.1. The summed E-state index contributed by atoms with van der Waals surface area (Å²) >= 11 is 0. The van der Waals surface area contributed by atoms with Crippen molar-refractivity contribution in [2.75, 3.05) is 9.80 Å². The fourth-order valence-electron chi connectivity index (χ4n) is 7.97. The first kappa shape index (κ1) is 29.4. The molecule has 1 unspecified atom stereocenters. The van der Waals surface area contributed by atoms with Gasteiger partial charge in [-0.1, -0.05) is 140 Å². The van der Waals surface area contributed by atoms with E-state index in [1.54, 1.807) is 0 Å². The van der Waals surface area contributed by atoms with Crippen molar-refractivity contribution >= 4 is 51.5 Å². The van der Waals surface area contributed by atoms with Crippen LogP contribution in [0.25, 0.3) is 34.2 Å². The molecule has 0 saturated heterocycles. The lowest BCUT2D eigenvalue weighted by Gasteiger charge is -2.46. The second-order valence-electron chi connectivity index (χ2n) is 13.2. The van der Waals surface area contributed by atoms with E-state index in [-0.39, 0.29) is 12.8 Å². The van der Waals surface area contributed by atoms with E-state index in [1.165, 1.54) is 33.5 Å². The van der Waals surface area contributed by atoms with Gasteiger partial charge in [0.15, 0.2) is 17.5 Å². The van der Waals surface area contributed by atoms with Crippen LogP contribution >= 0.6 is 0 Å². The minimum absolute atomic E-state index is 0.0638. The zero-order valence-corrected chi connectivity index (χ0v) is 27.8. The maximum Gasteiger partial charge on any atom is 0.252 e. The quantitative estimate of drug-likeness (QED) is 0.174. The molecule has 240 valence electrons. The van der Waals surface area contributed by atoms with Gasteiger partial charge < -0.3 is 9.80 Å². The molecule has 1 atom stereocenters. The van der Waals surface area contributed by atoms with Crippen LogP contribution < -0.4 is 26.2 Å². The van der Waals surface area contributed by atoms with Gasteiger partial charge in [-0.2, -0.15) is 0 Å². The summed E-state index contributed by atoms with van der Waals surface area (Å²) in [5.41, 5.74) is 12.6. The molecule has 0 N–H and O–H groups in total. The zero-order chi connectivity index (χ0) is 33.7. The molecule has 1 aliphatic carbocycles. The van der Waals surface area contributed by atoms with Crippen molar-refractivity contribution in [1.29, 1.82) is 0 Å². The van der Waals surface area contributed by atoms with Gasteiger partial charge in [-0.05, 0) is 59.2 Å². The zero-order valence-electron chi connectivity index (χ0n) is 27.8. The molecule has 6 aromatic carbocycles. The summed E-state index contributed by atoms with van der Waals surface area (Å²) in [5, 5.41) is 0. The highest BCUT2D eigenvalue weighted by molar-refractivity contribution is 7.00. The molecule has 1 aromatic heterocycles. The number of anilines is 5. The Morgan fingerprint density at radius 3 is 1.65 bits per heavy atom. The molecule has 3 aliphatic rings. The molecule has 51 heavy (non-hydrogen) atoms. The van der Waals surface area contributed by atoms with Crippen LogP contribution in [0.3, 0.4) is 0 Å². The summed E-state index contributed by atoms with van der Waals surface area (Å²) < 4.78 is 0. The number of nitrogens with zero attached hydrogens (tertiary/aromatic N) is 5. The molecule has 10 rings (SSSR count). The molecule has 2 aliphatic heterocycles. The number of aromatic nitrogens is 3. The smallest absolute Gasteiger partial charge is 0.252 e. The van der Waals surface area contributed by atoms with Crippen molar-refractivity contribution in [3.05, 3.63) is 176 Å². The number of rotatable bonds is 5. The first-order valence-corrected chi connectivity index (χ1v) is 17.5. The van der Waals surface area contributed by atoms with Crippen molar-refractivity contribution in [2.24, 2.45) is 0 Å². The van der Waals surface area contributed by atoms with Gasteiger partial charge >= 0.3 is 0 Å². The third kappa shape index (κ3) is 4.91. The fourth-order valence-corrected chi connectivity index (χ4v) is 7.97. The molecule has 0 radical (unpaired) electrons. The van der Waals surface area contributed by atoms with Crippen molar-refractivity contribution < 1.29 is 0 Å². The largest absolute Gasteiger partial charge is 0.335 e. The normalized spacial score (nSPS) is 15.3. The van der Waals surface area contributed by atoms with Gasteiger partial charge in [0.1, 0.15) is 0 Å². The molecule has 0 bridgehead atoms. The van der Waals surface area contributed by atoms with E-state index in [2.05, 4.69) is 149 Å². The van der Waals surface area contributed by atoms with E-state index >= 15 is 0 Å². The summed E-state index contributed by atoms with van der Waals surface area (Å²) in [7, 11) is 0. The van der Waals surface area contributed by atoms with Crippen LogP contribution in [0.2, 0.25) is 0 Å². The number of hydrogen-bond acceptors (Lipinski definition) is 5. The van der Waals surface area contributed by atoms with Crippen LogP contribution in [0.5, 0.6) is 0 Å². The number of allylic oxidation sites excluding steroid dienone is 2. The monoisotopic (exact) mass is 653 g/mol. The molecule has 0 amide bonds. The minimum Gasteiger partial charge on any atom is -0.335 e. The van der Waals surface area contributed by atoms with Gasteiger partial charge in [0.2, 0.25) is 0 Å². The Kier molecular flexibility index (Phi) is 6.98. The number of hydrogen-bond donors (Lipinski definition) is 0. The van der Waals surface area contributed by atoms with Gasteiger partial charge in [0, 0.05) is 45.1 Å². The second-order valence-corrected chi connectivity index (χ2v) is 13.2. The number of para-hydroxylation sites is 3. The number of benzene rings is 6. The molecular weight excluding hydrogens is 621 g/mol. The SMILES string of the molecule is C1=CCC(N2c3ccccc3B3c4ccccc4N(c4ccccc4)c4cc(-c5nc(-c6ccccc6)nc(-c6ccccc6)n5)cc2c43)C=C1. The minimum atomic E-state index is 0.0638. The summed E-state index contributed by atoms with van der Waals surface area (Å²) in [6.45, 7) is 0.0638. The Morgan fingerprint density at radius 1 is 0.490 bits per heavy atom. The maximum atomic E-state index is 5.20. The van der Waals surface area contributed by atoms with Crippen LogP contribution in [0.1, 0.15) is 6.42 Å². The molecule has 0 fully saturated rings. The lowest BCUT2D eigenvalue weighted by atomic mass is 9.33. The van der Waals surface area contributed by atoms with Crippen molar-refractivity contribution in [2.45, 2.75) is 12.5 Å². The third-order valence-electron chi connectivity index (χ3n) is 10.2. The first-order valence-electron chi connectivity index (χ1n) is 17.5. The van der Waals surface area contributed by atoms with E-state index < -0.39 is 0 Å². The Labute approximate surface area is 298 Å². The molecule has 0 spiro atoms. The van der Waals surface area contributed by atoms with Crippen LogP contribution in [-0.2, 0) is 0 Å². The van der Waals surface area contributed by atoms with Crippen LogP contribution in [-0.4, -0.2) is 27.7 Å². The van der Waals surface area contributed by atoms with E-state index in [0.29, 0.717) is 17.5 Å². The lowest BCUT2D eigenvalue weighted by Crippen LogP contribution is -2.62. The molecule has 6 heteroatoms. The summed E-state index contributed by atoms with van der Waals surface area (Å²) in [6, 6.07) is 53.7. The van der Waals surface area contributed by atoms with Crippen molar-refractivity contribution in [3.8, 4) is 34.2 Å². The van der Waals surface area contributed by atoms with Crippen LogP contribution in [0.4, 0.5) is 28.4 Å². The van der Waals surface area contributed by atoms with E-state index in [1.807, 2.05) is 36.4 Å². The maximum absolute atomic E-state index is 5.20. The fraction of sp³-hybridized carbons (Fsp3) is 0.0444. The molecular formula is C45H32BN5. The third-order valence-corrected chi connectivity index (χ3v) is 10.2. The average molecular weight is 654 g/mol. The summed E-state index contributed by atoms with van der Waals surface area (Å²) in [4.78, 5) is 20.4. The average Bonchev–Trinajstić information content (AvgIpc) is 3.21. The number of fused-ring (bicyclic) bond motifs is 4. The Hall–Kier alpha value is -6.53. The van der Waals surface area contributed by atoms with E-state index in [4.69, 9.17) is 15.0 Å². The van der Waals surface area contributed by atoms with Crippen LogP contribution in [0.15, 0.2) is 176 Å². The molecule has 7 aromatic rings. The van der Waals surface area contributed by atoms with Gasteiger partial charge in [-0.15, -0.1) is 0 Å². The van der Waals surface area contributed by atoms with Gasteiger partial charge in [0.25, 0.3) is 6.71 Å². The Bertz CT molecular complexity index is 2420. The first-order chi connectivity index (χ1) is 25.3. The summed E-state index contributed by atoms with van der Waals surface area (Å²) in [6.07, 6.45) is 9.83. The standard InChI is InChI=1S/C45H32BN5/c1-5-17-31(18-6-1)43-47-44(32-19-7-2-8-20-32)49-45(48-43)33-29-40-42-41(30-33)51(35-23-11-4-12-24-35)39-28-16-14-26-37(39)46(42)36-25-13-15-27-38(36)50(40)34-21-9-3-10-22-34/h1-23,25-30,35H,24H2. The van der Waals surface area contributed by atoms with Crippen molar-refractivity contribution in [3.63, 3.8) is 0 Å². The van der Waals surface area contributed by atoms with Gasteiger partial charge in [-0.3, -0.25) is 0 Å². The van der Waals surface area contributed by atoms with E-state index in [0.717, 1.165) is 34.5 Å². The van der Waals surface area contributed by atoms with Crippen LogP contribution in [0, 0.1) is 0 Å². The van der Waals surface area contributed by atoms with Crippen molar-refractivity contribution in [1.82, 2.24) is 15.0 Å². The highest BCUT2D eigenvalue weighted by atomic mass is 15.2. The molecule has 5 nitrogen and oxygen atoms in total. The lowest BCUT2D eigenvalue weighted by molar-refractivity contribution is 0.787. The molecule has 0 saturated carbocycles. The van der Waals surface area contributed by atoms with Gasteiger partial charge in [0.05, 0.1) is 6.04 Å². The Morgan fingerprint density at radius 2 is 1.02 bits per heavy atom. The Balaban J connectivity index is 1.29. The van der Waals surface area contributed by atoms with E-state index in [9.17, 15) is 0 Å². The molecule has 3 heterocycles. The predicted octanol–water partition coefficient (Wildman–Crippen LogP) is 8.51. The highest BCUT2D eigenvalue weighted by Crippen LogP contribution is 2.44. The topological polar surface area (TPSA) is 45.2 Å².